The molecule has 0 aliphatic carbocycles. The van der Waals surface area contributed by atoms with Crippen LogP contribution in [-0.4, -0.2) is 27.9 Å². The predicted molar refractivity (Wildman–Crippen MR) is 73.0 cm³/mol. The Kier molecular flexibility index (Phi) is 4.62. The van der Waals surface area contributed by atoms with E-state index in [9.17, 15) is 23.6 Å². The second-order valence-corrected chi connectivity index (χ2v) is 4.33. The Labute approximate surface area is 123 Å². The van der Waals surface area contributed by atoms with Gasteiger partial charge in [-0.15, -0.1) is 0 Å². The second kappa shape index (κ2) is 6.61. The fraction of sp³-hybridized carbons (Fsp3) is 0.143. The Morgan fingerprint density at radius 1 is 1.14 bits per heavy atom. The molecule has 8 heteroatoms. The SMILES string of the molecule is O=C(Cn1ccc(=O)[nH]c1=O)OCC(=O)c1ccc(F)cc1. The van der Waals surface area contributed by atoms with Crippen LogP contribution in [0.25, 0.3) is 0 Å². The zero-order valence-corrected chi connectivity index (χ0v) is 11.2. The Morgan fingerprint density at radius 2 is 1.82 bits per heavy atom. The molecule has 2 aromatic rings. The molecule has 2 rings (SSSR count). The highest BCUT2D eigenvalue weighted by Gasteiger charge is 2.11. The van der Waals surface area contributed by atoms with Crippen molar-refractivity contribution in [2.75, 3.05) is 6.61 Å². The molecule has 0 fully saturated rings. The smallest absolute Gasteiger partial charge is 0.328 e. The van der Waals surface area contributed by atoms with Crippen molar-refractivity contribution in [2.45, 2.75) is 6.54 Å². The summed E-state index contributed by atoms with van der Waals surface area (Å²) in [6.07, 6.45) is 1.14. The molecule has 0 atom stereocenters. The fourth-order valence-corrected chi connectivity index (χ4v) is 1.62. The third kappa shape index (κ3) is 3.98. The molecule has 1 aromatic heterocycles. The molecule has 0 unspecified atom stereocenters. The van der Waals surface area contributed by atoms with Gasteiger partial charge in [-0.05, 0) is 24.3 Å². The van der Waals surface area contributed by atoms with Gasteiger partial charge in [-0.25, -0.2) is 9.18 Å². The number of aromatic nitrogens is 2. The number of nitrogens with zero attached hydrogens (tertiary/aromatic N) is 1. The van der Waals surface area contributed by atoms with Gasteiger partial charge < -0.3 is 4.74 Å². The molecule has 0 saturated carbocycles. The summed E-state index contributed by atoms with van der Waals surface area (Å²) >= 11 is 0. The lowest BCUT2D eigenvalue weighted by molar-refractivity contribution is -0.143. The molecule has 1 heterocycles. The maximum absolute atomic E-state index is 12.7. The lowest BCUT2D eigenvalue weighted by Crippen LogP contribution is -2.31. The minimum Gasteiger partial charge on any atom is -0.456 e. The van der Waals surface area contributed by atoms with Gasteiger partial charge in [-0.2, -0.15) is 0 Å². The van der Waals surface area contributed by atoms with Crippen LogP contribution in [0.3, 0.4) is 0 Å². The van der Waals surface area contributed by atoms with Gasteiger partial charge in [-0.1, -0.05) is 0 Å². The summed E-state index contributed by atoms with van der Waals surface area (Å²) in [4.78, 5) is 47.5. The predicted octanol–water partition coefficient (Wildman–Crippen LogP) is 0.102. The quantitative estimate of drug-likeness (QED) is 0.624. The number of rotatable bonds is 5. The zero-order chi connectivity index (χ0) is 16.1. The minimum absolute atomic E-state index is 0.204. The van der Waals surface area contributed by atoms with Crippen LogP contribution >= 0.6 is 0 Å². The van der Waals surface area contributed by atoms with E-state index in [1.807, 2.05) is 4.98 Å². The highest BCUT2D eigenvalue weighted by Crippen LogP contribution is 2.04. The van der Waals surface area contributed by atoms with Crippen molar-refractivity contribution in [2.24, 2.45) is 0 Å². The first-order chi connectivity index (χ1) is 10.5. The topological polar surface area (TPSA) is 98.2 Å². The number of hydrogen-bond acceptors (Lipinski definition) is 5. The van der Waals surface area contributed by atoms with Crippen molar-refractivity contribution >= 4 is 11.8 Å². The summed E-state index contributed by atoms with van der Waals surface area (Å²) in [7, 11) is 0. The third-order valence-electron chi connectivity index (χ3n) is 2.73. The number of ether oxygens (including phenoxy) is 1. The first kappa shape index (κ1) is 15.4. The molecule has 0 aliphatic heterocycles. The van der Waals surface area contributed by atoms with Crippen molar-refractivity contribution in [3.63, 3.8) is 0 Å². The maximum Gasteiger partial charge on any atom is 0.328 e. The molecule has 22 heavy (non-hydrogen) atoms. The van der Waals surface area contributed by atoms with Gasteiger partial charge in [0.1, 0.15) is 12.4 Å². The van der Waals surface area contributed by atoms with Crippen molar-refractivity contribution in [1.29, 1.82) is 0 Å². The lowest BCUT2D eigenvalue weighted by atomic mass is 10.1. The number of ketones is 1. The Balaban J connectivity index is 1.92. The highest BCUT2D eigenvalue weighted by atomic mass is 19.1. The number of H-pyrrole nitrogens is 1. The third-order valence-corrected chi connectivity index (χ3v) is 2.73. The molecule has 0 amide bonds. The van der Waals surface area contributed by atoms with E-state index in [0.29, 0.717) is 0 Å². The van der Waals surface area contributed by atoms with Crippen LogP contribution in [0.5, 0.6) is 0 Å². The molecule has 0 radical (unpaired) electrons. The Bertz CT molecular complexity index is 807. The van der Waals surface area contributed by atoms with Crippen LogP contribution in [0.2, 0.25) is 0 Å². The Hall–Kier alpha value is -3.03. The van der Waals surface area contributed by atoms with Crippen LogP contribution in [0.15, 0.2) is 46.1 Å². The van der Waals surface area contributed by atoms with Gasteiger partial charge in [0.2, 0.25) is 0 Å². The molecule has 0 aliphatic rings. The van der Waals surface area contributed by atoms with Gasteiger partial charge in [0.25, 0.3) is 5.56 Å². The zero-order valence-electron chi connectivity index (χ0n) is 11.2. The van der Waals surface area contributed by atoms with Gasteiger partial charge >= 0.3 is 11.7 Å². The van der Waals surface area contributed by atoms with Crippen LogP contribution in [0.1, 0.15) is 10.4 Å². The number of benzene rings is 1. The molecular weight excluding hydrogens is 295 g/mol. The molecule has 1 N–H and O–H groups in total. The molecule has 0 spiro atoms. The number of esters is 1. The van der Waals surface area contributed by atoms with Crippen LogP contribution < -0.4 is 11.2 Å². The highest BCUT2D eigenvalue weighted by molar-refractivity contribution is 5.97. The van der Waals surface area contributed by atoms with Gasteiger partial charge in [0, 0.05) is 17.8 Å². The molecule has 1 aromatic carbocycles. The van der Waals surface area contributed by atoms with E-state index in [4.69, 9.17) is 4.74 Å². The summed E-state index contributed by atoms with van der Waals surface area (Å²) in [6.45, 7) is -0.963. The van der Waals surface area contributed by atoms with E-state index in [2.05, 4.69) is 0 Å². The van der Waals surface area contributed by atoms with Crippen LogP contribution in [-0.2, 0) is 16.1 Å². The molecule has 7 nitrogen and oxygen atoms in total. The van der Waals surface area contributed by atoms with Crippen molar-refractivity contribution < 1.29 is 18.7 Å². The van der Waals surface area contributed by atoms with E-state index in [1.54, 1.807) is 0 Å². The minimum atomic E-state index is -0.815. The van der Waals surface area contributed by atoms with E-state index in [0.717, 1.165) is 29.0 Å². The van der Waals surface area contributed by atoms with E-state index < -0.39 is 42.0 Å². The lowest BCUT2D eigenvalue weighted by Gasteiger charge is -2.06. The number of Topliss-reactive ketones (excluding diaryl/α,β-unsaturated/α-hetero) is 1. The van der Waals surface area contributed by atoms with E-state index >= 15 is 0 Å². The number of carbonyl (C=O) groups is 2. The molecular formula is C14H11FN2O5. The standard InChI is InChI=1S/C14H11FN2O5/c15-10-3-1-9(2-4-10)11(18)8-22-13(20)7-17-6-5-12(19)16-14(17)21/h1-6H,7-8H2,(H,16,19,21). The van der Waals surface area contributed by atoms with Crippen molar-refractivity contribution in [1.82, 2.24) is 9.55 Å². The molecule has 114 valence electrons. The first-order valence-corrected chi connectivity index (χ1v) is 6.20. The number of carbonyl (C=O) groups excluding carboxylic acids is 2. The number of aromatic amines is 1. The van der Waals surface area contributed by atoms with Gasteiger partial charge in [0.05, 0.1) is 0 Å². The maximum atomic E-state index is 12.7. The average Bonchev–Trinajstić information content (AvgIpc) is 2.48. The summed E-state index contributed by atoms with van der Waals surface area (Å²) in [6, 6.07) is 5.87. The van der Waals surface area contributed by atoms with Crippen molar-refractivity contribution in [3.8, 4) is 0 Å². The number of nitrogens with one attached hydrogen (secondary N) is 1. The van der Waals surface area contributed by atoms with Gasteiger partial charge in [-0.3, -0.25) is 23.9 Å². The van der Waals surface area contributed by atoms with Gasteiger partial charge in [0.15, 0.2) is 12.4 Å². The summed E-state index contributed by atoms with van der Waals surface area (Å²) in [5, 5.41) is 0. The van der Waals surface area contributed by atoms with Crippen LogP contribution in [0.4, 0.5) is 4.39 Å². The summed E-state index contributed by atoms with van der Waals surface area (Å²) in [5.74, 6) is -1.79. The fourth-order valence-electron chi connectivity index (χ4n) is 1.62. The summed E-state index contributed by atoms with van der Waals surface area (Å²) < 4.78 is 18.4. The van der Waals surface area contributed by atoms with Crippen molar-refractivity contribution in [3.05, 3.63) is 68.7 Å². The van der Waals surface area contributed by atoms with E-state index in [1.165, 1.54) is 12.1 Å². The largest absolute Gasteiger partial charge is 0.456 e. The van der Waals surface area contributed by atoms with Crippen LogP contribution in [0, 0.1) is 5.82 Å². The number of hydrogen-bond donors (Lipinski definition) is 1. The first-order valence-electron chi connectivity index (χ1n) is 6.20. The normalized spacial score (nSPS) is 10.2. The Morgan fingerprint density at radius 3 is 2.45 bits per heavy atom. The number of halogens is 1. The average molecular weight is 306 g/mol. The van der Waals surface area contributed by atoms with E-state index in [-0.39, 0.29) is 5.56 Å². The molecule has 0 saturated heterocycles. The molecule has 0 bridgehead atoms. The summed E-state index contributed by atoms with van der Waals surface area (Å²) in [5.41, 5.74) is -1.13. The second-order valence-electron chi connectivity index (χ2n) is 4.33. The monoisotopic (exact) mass is 306 g/mol.